The predicted octanol–water partition coefficient (Wildman–Crippen LogP) is 11.9. The first kappa shape index (κ1) is 32.8. The number of rotatable bonds is 12. The third-order valence-electron chi connectivity index (χ3n) is 11.1. The van der Waals surface area contributed by atoms with Crippen molar-refractivity contribution in [2.75, 3.05) is 0 Å². The van der Waals surface area contributed by atoms with Gasteiger partial charge in [0, 0.05) is 16.5 Å². The Morgan fingerprint density at radius 1 is 0.805 bits per heavy atom. The second kappa shape index (κ2) is 12.5. The highest BCUT2D eigenvalue weighted by molar-refractivity contribution is 6.76. The summed E-state index contributed by atoms with van der Waals surface area (Å²) in [5.74, 6) is 2.13. The highest BCUT2D eigenvalue weighted by Gasteiger charge is 2.57. The van der Waals surface area contributed by atoms with Crippen LogP contribution in [0.3, 0.4) is 0 Å². The van der Waals surface area contributed by atoms with Gasteiger partial charge in [-0.3, -0.25) is 0 Å². The largest absolute Gasteiger partial charge is 0.314 e. The van der Waals surface area contributed by atoms with E-state index in [1.807, 2.05) is 0 Å². The lowest BCUT2D eigenvalue weighted by Gasteiger charge is -2.57. The fourth-order valence-corrected chi connectivity index (χ4v) is 17.3. The Morgan fingerprint density at radius 3 is 1.90 bits per heavy atom. The first-order chi connectivity index (χ1) is 19.2. The Balaban J connectivity index is 1.78. The van der Waals surface area contributed by atoms with E-state index in [0.717, 1.165) is 11.5 Å². The van der Waals surface area contributed by atoms with Crippen molar-refractivity contribution >= 4 is 13.8 Å². The summed E-state index contributed by atoms with van der Waals surface area (Å²) in [4.78, 5) is 0. The molecule has 0 radical (unpaired) electrons. The van der Waals surface area contributed by atoms with E-state index in [0.29, 0.717) is 11.8 Å². The summed E-state index contributed by atoms with van der Waals surface area (Å²) in [6, 6.07) is 9.63. The Morgan fingerprint density at radius 2 is 1.37 bits per heavy atom. The first-order valence-electron chi connectivity index (χ1n) is 17.5. The molecule has 1 saturated carbocycles. The molecule has 0 heterocycles. The summed E-state index contributed by atoms with van der Waals surface area (Å²) in [7, 11) is -1.81. The van der Waals surface area contributed by atoms with Crippen LogP contribution in [0.4, 0.5) is 0 Å². The number of benzene rings is 1. The van der Waals surface area contributed by atoms with Gasteiger partial charge in [-0.15, -0.1) is 0 Å². The van der Waals surface area contributed by atoms with Gasteiger partial charge >= 0.3 is 0 Å². The molecule has 0 N–H and O–H groups in total. The third kappa shape index (κ3) is 6.26. The molecule has 1 nitrogen and oxygen atoms in total. The second-order valence-electron chi connectivity index (χ2n) is 16.7. The van der Waals surface area contributed by atoms with Gasteiger partial charge in [0.1, 0.15) is 8.24 Å². The Labute approximate surface area is 256 Å². The topological polar surface area (TPSA) is 3.24 Å². The number of hydrogen-bond donors (Lipinski definition) is 0. The molecule has 3 aliphatic rings. The quantitative estimate of drug-likeness (QED) is 0.177. The molecule has 4 rings (SSSR count). The first-order valence-corrected chi connectivity index (χ1v) is 20.6. The number of fused-ring (bicyclic) bond motifs is 4. The summed E-state index contributed by atoms with van der Waals surface area (Å²) >= 11 is 0. The highest BCUT2D eigenvalue weighted by atomic mass is 28.3. The lowest BCUT2D eigenvalue weighted by molar-refractivity contribution is 0.121. The van der Waals surface area contributed by atoms with E-state index in [9.17, 15) is 0 Å². The van der Waals surface area contributed by atoms with Crippen LogP contribution in [0.15, 0.2) is 42.0 Å². The lowest BCUT2D eigenvalue weighted by atomic mass is 9.68. The monoisotopic (exact) mass is 575 g/mol. The van der Waals surface area contributed by atoms with Crippen LogP contribution in [0.1, 0.15) is 144 Å². The van der Waals surface area contributed by atoms with Crippen LogP contribution < -0.4 is 0 Å². The molecule has 230 valence electrons. The molecule has 0 bridgehead atoms. The van der Waals surface area contributed by atoms with E-state index in [-0.39, 0.29) is 16.5 Å². The van der Waals surface area contributed by atoms with E-state index < -0.39 is 8.24 Å². The maximum atomic E-state index is 2.99. The minimum absolute atomic E-state index is 0.167. The van der Waals surface area contributed by atoms with Crippen LogP contribution >= 0.6 is 0 Å². The van der Waals surface area contributed by atoms with Gasteiger partial charge in [-0.05, 0) is 106 Å². The fourth-order valence-electron chi connectivity index (χ4n) is 10.7. The van der Waals surface area contributed by atoms with Crippen LogP contribution in [0.5, 0.6) is 0 Å². The van der Waals surface area contributed by atoms with Gasteiger partial charge in [-0.1, -0.05) is 122 Å². The van der Waals surface area contributed by atoms with Gasteiger partial charge in [0.2, 0.25) is 0 Å². The molecule has 0 aromatic heterocycles. The van der Waals surface area contributed by atoms with E-state index in [4.69, 9.17) is 0 Å². The summed E-state index contributed by atoms with van der Waals surface area (Å²) in [6.07, 6.45) is 20.6. The zero-order valence-corrected chi connectivity index (χ0v) is 30.0. The van der Waals surface area contributed by atoms with Crippen molar-refractivity contribution in [2.45, 2.75) is 168 Å². The molecule has 4 unspecified atom stereocenters. The Kier molecular flexibility index (Phi) is 9.97. The zero-order valence-electron chi connectivity index (χ0n) is 29.0. The highest BCUT2D eigenvalue weighted by Crippen LogP contribution is 2.63. The normalized spacial score (nSPS) is 25.6. The van der Waals surface area contributed by atoms with Crippen LogP contribution in [-0.2, 0) is 5.41 Å². The molecule has 2 heteroatoms. The second-order valence-corrected chi connectivity index (χ2v) is 21.1. The van der Waals surface area contributed by atoms with E-state index in [2.05, 4.69) is 116 Å². The molecule has 1 aromatic rings. The van der Waals surface area contributed by atoms with Gasteiger partial charge in [-0.2, -0.15) is 0 Å². The molecule has 1 fully saturated rings. The van der Waals surface area contributed by atoms with Crippen molar-refractivity contribution in [2.24, 2.45) is 17.8 Å². The summed E-state index contributed by atoms with van der Waals surface area (Å²) in [6.45, 7) is 27.5. The van der Waals surface area contributed by atoms with Gasteiger partial charge < -0.3 is 4.57 Å². The summed E-state index contributed by atoms with van der Waals surface area (Å²) in [5, 5.41) is 0. The maximum absolute atomic E-state index is 2.99. The molecule has 0 aliphatic heterocycles. The third-order valence-corrected chi connectivity index (χ3v) is 16.2. The lowest BCUT2D eigenvalue weighted by Crippen LogP contribution is -2.67. The fraction of sp³-hybridized carbons (Fsp3) is 0.744. The minimum Gasteiger partial charge on any atom is -0.314 e. The number of nitrogens with zero attached hydrogens (tertiary/aromatic N) is 1. The zero-order chi connectivity index (χ0) is 30.2. The van der Waals surface area contributed by atoms with Gasteiger partial charge in [0.25, 0.3) is 0 Å². The predicted molar refractivity (Wildman–Crippen MR) is 185 cm³/mol. The van der Waals surface area contributed by atoms with Crippen molar-refractivity contribution in [1.82, 2.24) is 4.57 Å². The minimum atomic E-state index is -1.81. The standard InChI is InChI=1S/C39H65NSi/c1-12-14-16-20-24-39(25-21-17-15-13-2)34-23-19-18-22-31(34)33-28-32-30(27-35(33)39)26-29(3)36(32)41(10,11)40(37(4,5)6)38(7,8)9/h18-19,22-23,27-30,32,36H,12-17,20-21,24-26H2,1-11H3. The van der Waals surface area contributed by atoms with Crippen LogP contribution in [0.25, 0.3) is 5.57 Å². The molecular weight excluding hydrogens is 511 g/mol. The van der Waals surface area contributed by atoms with Crippen molar-refractivity contribution in [1.29, 1.82) is 0 Å². The van der Waals surface area contributed by atoms with Crippen LogP contribution in [-0.4, -0.2) is 23.9 Å². The average molecular weight is 576 g/mol. The van der Waals surface area contributed by atoms with E-state index in [1.54, 1.807) is 22.3 Å². The van der Waals surface area contributed by atoms with Gasteiger partial charge in [0.05, 0.1) is 0 Å². The number of allylic oxidation sites excluding steroid dienone is 4. The van der Waals surface area contributed by atoms with E-state index >= 15 is 0 Å². The van der Waals surface area contributed by atoms with Crippen molar-refractivity contribution in [3.05, 3.63) is 53.1 Å². The molecule has 0 spiro atoms. The average Bonchev–Trinajstić information content (AvgIpc) is 3.33. The molecule has 3 aliphatic carbocycles. The smallest absolute Gasteiger partial charge is 0.127 e. The van der Waals surface area contributed by atoms with Gasteiger partial charge in [-0.25, -0.2) is 0 Å². The van der Waals surface area contributed by atoms with Crippen molar-refractivity contribution in [3.8, 4) is 0 Å². The maximum Gasteiger partial charge on any atom is 0.127 e. The van der Waals surface area contributed by atoms with Crippen LogP contribution in [0, 0.1) is 17.8 Å². The molecular formula is C39H65NSi. The summed E-state index contributed by atoms with van der Waals surface area (Å²) in [5.41, 5.74) is 7.95. The molecule has 1 aromatic carbocycles. The molecule has 41 heavy (non-hydrogen) atoms. The molecule has 4 atom stereocenters. The molecule has 0 saturated heterocycles. The van der Waals surface area contributed by atoms with Crippen LogP contribution in [0.2, 0.25) is 18.6 Å². The Hall–Kier alpha value is -1.12. The molecule has 0 amide bonds. The van der Waals surface area contributed by atoms with E-state index in [1.165, 1.54) is 70.6 Å². The van der Waals surface area contributed by atoms with Crippen molar-refractivity contribution < 1.29 is 0 Å². The summed E-state index contributed by atoms with van der Waals surface area (Å²) < 4.78 is 2.99. The number of unbranched alkanes of at least 4 members (excludes halogenated alkanes) is 6. The SMILES string of the molecule is CCCCCCC1(CCCCCC)C2=CC3CC(C)C([Si](C)(C)N(C(C)(C)C)C(C)(C)C)C3C=C2c2ccccc21. The van der Waals surface area contributed by atoms with Gasteiger partial charge in [0.15, 0.2) is 0 Å². The van der Waals surface area contributed by atoms with Crippen molar-refractivity contribution in [3.63, 3.8) is 0 Å². The number of hydrogen-bond acceptors (Lipinski definition) is 1. The Bertz CT molecular complexity index is 1070.